The summed E-state index contributed by atoms with van der Waals surface area (Å²) in [6.45, 7) is 2.19. The number of fused-ring (bicyclic) bond motifs is 9. The first-order valence-corrected chi connectivity index (χ1v) is 37.1. The van der Waals surface area contributed by atoms with Crippen LogP contribution in [-0.4, -0.2) is 233 Å². The molecule has 3 aromatic rings. The van der Waals surface area contributed by atoms with E-state index in [4.69, 9.17) is 27.4 Å². The third-order valence-electron chi connectivity index (χ3n) is 20.1. The van der Waals surface area contributed by atoms with Gasteiger partial charge in [0, 0.05) is 93.0 Å². The minimum Gasteiger partial charge on any atom is -0.508 e. The monoisotopic (exact) mass is 1500 g/mol. The van der Waals surface area contributed by atoms with E-state index in [9.17, 15) is 87.9 Å². The fourth-order valence-electron chi connectivity index (χ4n) is 14.7. The molecule has 578 valence electrons. The molecule has 0 bridgehead atoms. The van der Waals surface area contributed by atoms with Gasteiger partial charge in [-0.1, -0.05) is 25.0 Å². The van der Waals surface area contributed by atoms with Gasteiger partial charge in [-0.3, -0.25) is 57.5 Å². The molecule has 13 N–H and O–H groups in total. The first-order chi connectivity index (χ1) is 51.1. The minimum absolute atomic E-state index is 0.0150. The molecule has 6 heterocycles. The molecule has 32 nitrogen and oxygen atoms in total. The van der Waals surface area contributed by atoms with E-state index in [-0.39, 0.29) is 105 Å². The van der Waals surface area contributed by atoms with E-state index in [0.29, 0.717) is 93.1 Å². The maximum absolute atomic E-state index is 14.6. The smallest absolute Gasteiger partial charge is 0.340 e. The van der Waals surface area contributed by atoms with Crippen molar-refractivity contribution in [3.05, 3.63) is 89.0 Å². The van der Waals surface area contributed by atoms with Crippen LogP contribution in [0.15, 0.2) is 66.7 Å². The fourth-order valence-corrected chi connectivity index (χ4v) is 14.9. The van der Waals surface area contributed by atoms with E-state index in [1.165, 1.54) is 57.7 Å². The number of carbonyl (C=O) groups is 13. The number of carboxylic acid groups (broad SMARTS) is 2. The number of aromatic hydroxyl groups is 2. The lowest BCUT2D eigenvalue weighted by atomic mass is 9.77. The second-order valence-electron chi connectivity index (χ2n) is 27.9. The van der Waals surface area contributed by atoms with Gasteiger partial charge in [0.1, 0.15) is 65.3 Å². The number of carbonyl (C=O) groups excluding carboxylic acids is 11. The van der Waals surface area contributed by atoms with Crippen molar-refractivity contribution in [3.8, 4) is 23.0 Å². The highest BCUT2D eigenvalue weighted by molar-refractivity contribution is 7.80. The maximum Gasteiger partial charge on any atom is 0.340 e. The number of primary amides is 1. The van der Waals surface area contributed by atoms with E-state index in [2.05, 4.69) is 31.9 Å². The lowest BCUT2D eigenvalue weighted by Gasteiger charge is -2.36. The molecule has 0 saturated carbocycles. The van der Waals surface area contributed by atoms with Gasteiger partial charge in [0.2, 0.25) is 59.1 Å². The largest absolute Gasteiger partial charge is 0.508 e. The number of nitrogens with one attached hydrogen (secondary N) is 6. The van der Waals surface area contributed by atoms with E-state index in [1.807, 2.05) is 12.2 Å². The highest BCUT2D eigenvalue weighted by atomic mass is 32.1. The van der Waals surface area contributed by atoms with Crippen molar-refractivity contribution in [3.63, 3.8) is 0 Å². The Bertz CT molecular complexity index is 3860. The Morgan fingerprint density at radius 1 is 0.617 bits per heavy atom. The summed E-state index contributed by atoms with van der Waals surface area (Å²) in [5.41, 5.74) is 6.14. The number of carboxylic acids is 2. The molecular weight excluding hydrogens is 1410 g/mol. The van der Waals surface area contributed by atoms with Crippen LogP contribution in [0.5, 0.6) is 23.0 Å². The van der Waals surface area contributed by atoms with Crippen LogP contribution < -0.4 is 42.4 Å². The number of phenolic OH excluding ortho intramolecular Hbond substituents is 2. The molecule has 8 atom stereocenters. The van der Waals surface area contributed by atoms with E-state index >= 15 is 0 Å². The molecule has 3 fully saturated rings. The topological polar surface area (TPSA) is 456 Å². The number of aliphatic carboxylic acids is 2. The zero-order valence-electron chi connectivity index (χ0n) is 60.1. The molecule has 3 saturated heterocycles. The highest BCUT2D eigenvalue weighted by Gasteiger charge is 2.54. The third-order valence-corrected chi connectivity index (χ3v) is 20.3. The van der Waals surface area contributed by atoms with E-state index in [1.54, 1.807) is 30.3 Å². The number of esters is 1. The Morgan fingerprint density at radius 3 is 1.79 bits per heavy atom. The molecule has 107 heavy (non-hydrogen) atoms. The average molecular weight is 1510 g/mol. The summed E-state index contributed by atoms with van der Waals surface area (Å²) in [7, 11) is 0. The van der Waals surface area contributed by atoms with Crippen LogP contribution in [0.3, 0.4) is 0 Å². The number of ether oxygens (including phenoxy) is 2. The number of nitrogens with zero attached hydrogens (tertiary/aromatic N) is 5. The standard InChI is InChI=1S/C74H96N12O20S/c1-43-68(100)86-37-17-20-56(86)71(103)85-36-16-18-54(85)65(97)80-52(28-30-62(93)94)69(101)83(41-59(75)90)34-14-10-8-6-4-3-5-7-9-13-33-82(42-60(91)79-53(29-31-63(95)96)70(102)84-35-15-19-55(84)66(98)81-64(44(2)87)67(99)77-43)61(92)21-11-12-32-76-73(107)78-45-22-25-48-51(38-45)74(106-72(48)104)49-26-23-46(88)39-57(49)105-58-40-47(89)24-27-50(58)74/h3,5,22-27,38-40,43-44,52-56,64,87-89H,4,6-21,28-37,41-42H2,1-2H3,(H2,75,90)(H,77,99)(H,79,91)(H,80,97)(H,81,98)(H,93,94)(H,95,96)(H2,76,78,107)/b5-3-/t43-,44+,52-,53-,54-,55-,56-,64-/m0/s1. The normalized spacial score (nSPS) is 23.8. The van der Waals surface area contributed by atoms with E-state index < -0.39 is 163 Å². The molecule has 0 unspecified atom stereocenters. The lowest BCUT2D eigenvalue weighted by molar-refractivity contribution is -0.148. The van der Waals surface area contributed by atoms with Crippen LogP contribution in [-0.2, 0) is 67.9 Å². The molecule has 0 aromatic heterocycles. The molecule has 0 aliphatic carbocycles. The number of unbranched alkanes of at least 4 members (excludes halogenated alkanes) is 1. The number of hydrogen-bond acceptors (Lipinski definition) is 19. The summed E-state index contributed by atoms with van der Waals surface area (Å²) >= 11 is 5.69. The number of thiocarbonyl (C=S) groups is 1. The van der Waals surface area contributed by atoms with Crippen LogP contribution in [0.25, 0.3) is 0 Å². The van der Waals surface area contributed by atoms with Gasteiger partial charge in [0.15, 0.2) is 10.7 Å². The number of benzene rings is 3. The van der Waals surface area contributed by atoms with Gasteiger partial charge >= 0.3 is 17.9 Å². The highest BCUT2D eigenvalue weighted by Crippen LogP contribution is 2.57. The molecular formula is C74H96N12O20S. The molecule has 3 aromatic carbocycles. The SMILES string of the molecule is C[C@@H]1NC(=O)[C@H]([C@@H](C)O)NC(=O)[C@@H]2CCCN2C(=O)[C@H](CCC(=O)O)NC(=O)CN(C(=O)CCCCNC(=S)Nc2ccc3c(c2)C2(OC3=O)c3ccc(O)cc3Oc3cc(O)ccc32)CCCC/C=C\CCCCCCN(CC(N)=O)C(=O)[C@H](CCC(=O)O)NC(=O)[C@@H]2CCCN2C(=O)[C@@H]2CCCN2C1=O. The second kappa shape index (κ2) is 37.2. The summed E-state index contributed by atoms with van der Waals surface area (Å²) in [6, 6.07) is 4.41. The quantitative estimate of drug-likeness (QED) is 0.0450. The minimum atomic E-state index is -1.70. The Labute approximate surface area is 623 Å². The van der Waals surface area contributed by atoms with Crippen molar-refractivity contribution in [1.29, 1.82) is 0 Å². The Hall–Kier alpha value is -10.4. The van der Waals surface area contributed by atoms with Crippen molar-refractivity contribution in [2.75, 3.05) is 57.7 Å². The number of anilines is 1. The number of allylic oxidation sites excluding steroid dienone is 2. The average Bonchev–Trinajstić information content (AvgIpc) is 1.58. The molecule has 33 heteroatoms. The summed E-state index contributed by atoms with van der Waals surface area (Å²) in [5.74, 6) is -10.4. The first kappa shape index (κ1) is 80.7. The van der Waals surface area contributed by atoms with Gasteiger partial charge in [-0.15, -0.1) is 0 Å². The molecule has 0 radical (unpaired) electrons. The van der Waals surface area contributed by atoms with Crippen molar-refractivity contribution < 1.29 is 97.3 Å². The van der Waals surface area contributed by atoms with Crippen molar-refractivity contribution in [1.82, 2.24) is 51.1 Å². The number of phenols is 2. The van der Waals surface area contributed by atoms with Crippen molar-refractivity contribution in [2.45, 2.75) is 203 Å². The number of aliphatic hydroxyl groups excluding tert-OH is 1. The van der Waals surface area contributed by atoms with Crippen molar-refractivity contribution >= 4 is 100.0 Å². The number of nitrogens with two attached hydrogens (primary N) is 1. The lowest BCUT2D eigenvalue weighted by Crippen LogP contribution is -2.61. The predicted molar refractivity (Wildman–Crippen MR) is 388 cm³/mol. The van der Waals surface area contributed by atoms with Crippen LogP contribution in [0.4, 0.5) is 5.69 Å². The van der Waals surface area contributed by atoms with Gasteiger partial charge in [-0.25, -0.2) is 4.79 Å². The second-order valence-corrected chi connectivity index (χ2v) is 28.3. The zero-order chi connectivity index (χ0) is 77.2. The Morgan fingerprint density at radius 2 is 1.18 bits per heavy atom. The third kappa shape index (κ3) is 20.4. The predicted octanol–water partition coefficient (Wildman–Crippen LogP) is 3.00. The summed E-state index contributed by atoms with van der Waals surface area (Å²) < 4.78 is 12.3. The van der Waals surface area contributed by atoms with Crippen LogP contribution in [0.1, 0.15) is 176 Å². The number of rotatable bonds is 15. The van der Waals surface area contributed by atoms with Gasteiger partial charge in [-0.05, 0) is 171 Å². The van der Waals surface area contributed by atoms with Crippen molar-refractivity contribution in [2.24, 2.45) is 5.73 Å². The number of hydrogen-bond donors (Lipinski definition) is 12. The first-order valence-electron chi connectivity index (χ1n) is 36.7. The fraction of sp³-hybridized carbons (Fsp3) is 0.541. The van der Waals surface area contributed by atoms with Gasteiger partial charge < -0.3 is 97.1 Å². The maximum atomic E-state index is 14.6. The van der Waals surface area contributed by atoms with Crippen LogP contribution in [0.2, 0.25) is 0 Å². The van der Waals surface area contributed by atoms with Gasteiger partial charge in [0.05, 0.1) is 24.8 Å². The molecule has 6 aliphatic heterocycles. The van der Waals surface area contributed by atoms with Gasteiger partial charge in [-0.2, -0.15) is 0 Å². The van der Waals surface area contributed by atoms with Crippen LogP contribution >= 0.6 is 12.2 Å². The van der Waals surface area contributed by atoms with E-state index in [0.717, 1.165) is 17.7 Å². The molecule has 10 amide bonds. The number of aliphatic hydroxyl groups is 1. The molecule has 9 rings (SSSR count). The summed E-state index contributed by atoms with van der Waals surface area (Å²) in [4.78, 5) is 184. The molecule has 1 spiro atoms. The Kier molecular flexibility index (Phi) is 28.0. The Balaban J connectivity index is 0.872. The molecule has 6 aliphatic rings. The number of amides is 10. The summed E-state index contributed by atoms with van der Waals surface area (Å²) in [5, 5.41) is 68.0. The van der Waals surface area contributed by atoms with Crippen LogP contribution in [0, 0.1) is 0 Å². The van der Waals surface area contributed by atoms with Gasteiger partial charge in [0.25, 0.3) is 0 Å². The zero-order valence-corrected chi connectivity index (χ0v) is 60.9. The summed E-state index contributed by atoms with van der Waals surface area (Å²) in [6.07, 6.45) is 7.67.